The smallest absolute Gasteiger partial charge is 0.333 e. The number of ketones is 1. The molecule has 0 fully saturated rings. The fourth-order valence-electron chi connectivity index (χ4n) is 3.75. The topological polar surface area (TPSA) is 43.4 Å². The van der Waals surface area contributed by atoms with Crippen LogP contribution in [0.15, 0.2) is 97.1 Å². The minimum Gasteiger partial charge on any atom is -0.462 e. The lowest BCUT2D eigenvalue weighted by atomic mass is 9.98. The highest BCUT2D eigenvalue weighted by Crippen LogP contribution is 2.16. The first-order valence-corrected chi connectivity index (χ1v) is 15.0. The Bertz CT molecular complexity index is 1170. The molecule has 0 saturated carbocycles. The molecule has 0 saturated heterocycles. The Labute approximate surface area is 279 Å². The van der Waals surface area contributed by atoms with Gasteiger partial charge in [-0.25, -0.2) is 4.79 Å². The molecule has 0 amide bonds. The maximum Gasteiger partial charge on any atom is 0.333 e. The molecule has 0 spiro atoms. The first-order chi connectivity index (χ1) is 19.8. The predicted molar refractivity (Wildman–Crippen MR) is 204 cm³/mol. The van der Waals surface area contributed by atoms with E-state index in [9.17, 15) is 9.59 Å². The van der Waals surface area contributed by atoms with E-state index >= 15 is 0 Å². The summed E-state index contributed by atoms with van der Waals surface area (Å²) in [5.41, 5.74) is 8.44. The number of ether oxygens (including phenoxy) is 1. The third-order valence-electron chi connectivity index (χ3n) is 5.97. The molecular weight excluding hydrogens is 552 g/mol. The third-order valence-corrected chi connectivity index (χ3v) is 5.97. The van der Waals surface area contributed by atoms with E-state index in [0.717, 1.165) is 24.8 Å². The zero-order valence-electron chi connectivity index (χ0n) is 26.8. The minimum atomic E-state index is -0.339. The molecule has 45 heavy (non-hydrogen) atoms. The maximum atomic E-state index is 11.7. The van der Waals surface area contributed by atoms with Crippen LogP contribution in [0.5, 0.6) is 0 Å². The van der Waals surface area contributed by atoms with E-state index in [0.29, 0.717) is 30.6 Å². The number of allylic oxidation sites excluding steroid dienone is 1. The Hall–Kier alpha value is -3.72. The molecule has 3 rings (SSSR count). The minimum absolute atomic E-state index is 0. The summed E-state index contributed by atoms with van der Waals surface area (Å²) in [5, 5.41) is 0. The number of hydrogen-bond acceptors (Lipinski definition) is 3. The molecular formula is C42H68O3. The molecule has 3 aromatic carbocycles. The Morgan fingerprint density at radius 3 is 1.09 bits per heavy atom. The van der Waals surface area contributed by atoms with Gasteiger partial charge < -0.3 is 4.74 Å². The van der Waals surface area contributed by atoms with Crippen molar-refractivity contribution in [2.45, 2.75) is 117 Å². The highest BCUT2D eigenvalue weighted by Gasteiger charge is 2.05. The lowest BCUT2D eigenvalue weighted by molar-refractivity contribution is -0.138. The summed E-state index contributed by atoms with van der Waals surface area (Å²) < 4.78 is 5.17. The second-order valence-electron chi connectivity index (χ2n) is 9.17. The van der Waals surface area contributed by atoms with Crippen LogP contribution in [0, 0.1) is 0 Å². The van der Waals surface area contributed by atoms with Crippen LogP contribution < -0.4 is 0 Å². The second-order valence-corrected chi connectivity index (χ2v) is 9.17. The lowest BCUT2D eigenvalue weighted by Gasteiger charge is -2.08. The van der Waals surface area contributed by atoms with Gasteiger partial charge in [0.15, 0.2) is 5.78 Å². The number of aryl methyl sites for hydroxylation is 1. The molecule has 254 valence electrons. The average molecular weight is 621 g/mol. The highest BCUT2D eigenvalue weighted by molar-refractivity contribution is 5.94. The molecule has 0 aliphatic carbocycles. The third kappa shape index (κ3) is 20.8. The van der Waals surface area contributed by atoms with Crippen molar-refractivity contribution in [3.05, 3.63) is 130 Å². The van der Waals surface area contributed by atoms with Gasteiger partial charge >= 0.3 is 5.97 Å². The van der Waals surface area contributed by atoms with Crippen molar-refractivity contribution < 1.29 is 14.3 Å². The molecule has 0 unspecified atom stereocenters. The van der Waals surface area contributed by atoms with E-state index in [-0.39, 0.29) is 41.5 Å². The van der Waals surface area contributed by atoms with Crippen LogP contribution in [0.4, 0.5) is 0 Å². The zero-order valence-corrected chi connectivity index (χ0v) is 26.8. The summed E-state index contributed by atoms with van der Waals surface area (Å²) in [6.45, 7) is 23.1. The van der Waals surface area contributed by atoms with E-state index in [1.807, 2.05) is 41.5 Å². The van der Waals surface area contributed by atoms with Gasteiger partial charge in [0, 0.05) is 18.4 Å². The van der Waals surface area contributed by atoms with E-state index in [2.05, 4.69) is 86.0 Å². The van der Waals surface area contributed by atoms with Gasteiger partial charge in [-0.05, 0) is 72.1 Å². The van der Waals surface area contributed by atoms with Crippen molar-refractivity contribution in [1.29, 1.82) is 0 Å². The standard InChI is InChI=1S/C32H34O3.3C2H6.4CH4/c1-23(2)31(33)18-17-25-5-9-27(10-6-25)21-29-13-15-30(16-14-29)22-28-11-7-26(8-12-28)19-20-35-32(34)24(3)4;3*1-2;;;;/h5-16H,1,3,17-22H2,2,4H3;3*1-2H3;4*1H4. The van der Waals surface area contributed by atoms with Crippen molar-refractivity contribution in [2.75, 3.05) is 6.61 Å². The van der Waals surface area contributed by atoms with E-state index in [4.69, 9.17) is 4.74 Å². The molecule has 0 atom stereocenters. The number of rotatable bonds is 12. The van der Waals surface area contributed by atoms with Gasteiger partial charge in [-0.1, -0.05) is 157 Å². The molecule has 0 N–H and O–H groups in total. The molecule has 3 aromatic rings. The van der Waals surface area contributed by atoms with Gasteiger partial charge in [0.05, 0.1) is 6.61 Å². The van der Waals surface area contributed by atoms with Gasteiger partial charge in [0.2, 0.25) is 0 Å². The van der Waals surface area contributed by atoms with Crippen LogP contribution in [-0.4, -0.2) is 18.4 Å². The Morgan fingerprint density at radius 1 is 0.511 bits per heavy atom. The summed E-state index contributed by atoms with van der Waals surface area (Å²) in [6, 6.07) is 25.8. The van der Waals surface area contributed by atoms with Crippen LogP contribution >= 0.6 is 0 Å². The van der Waals surface area contributed by atoms with Crippen molar-refractivity contribution in [3.8, 4) is 0 Å². The second kappa shape index (κ2) is 30.3. The van der Waals surface area contributed by atoms with Crippen LogP contribution in [-0.2, 0) is 40.0 Å². The quantitative estimate of drug-likeness (QED) is 0.149. The fourth-order valence-corrected chi connectivity index (χ4v) is 3.75. The monoisotopic (exact) mass is 621 g/mol. The SMILES string of the molecule is C.C.C.C.C=C(C)C(=O)CCc1ccc(Cc2ccc(Cc3ccc(CCOC(=O)C(=C)C)cc3)cc2)cc1.CC.CC.CC. The fraction of sp³-hybridized carbons (Fsp3) is 0.429. The van der Waals surface area contributed by atoms with Crippen molar-refractivity contribution >= 4 is 11.8 Å². The first-order valence-electron chi connectivity index (χ1n) is 15.0. The summed E-state index contributed by atoms with van der Waals surface area (Å²) in [5.74, 6) is -0.208. The van der Waals surface area contributed by atoms with Crippen LogP contribution in [0.2, 0.25) is 0 Å². The van der Waals surface area contributed by atoms with Crippen LogP contribution in [0.25, 0.3) is 0 Å². The first kappa shape index (κ1) is 50.9. The number of carbonyl (C=O) groups is 2. The normalized spacial score (nSPS) is 8.62. The number of benzene rings is 3. The number of carbonyl (C=O) groups excluding carboxylic acids is 2. The highest BCUT2D eigenvalue weighted by atomic mass is 16.5. The summed E-state index contributed by atoms with van der Waals surface area (Å²) in [4.78, 5) is 23.2. The van der Waals surface area contributed by atoms with Gasteiger partial charge in [0.25, 0.3) is 0 Å². The Balaban J connectivity index is -0.000000503. The van der Waals surface area contributed by atoms with Crippen LogP contribution in [0.1, 0.15) is 125 Å². The molecule has 3 heteroatoms. The number of hydrogen-bond donors (Lipinski definition) is 0. The summed E-state index contributed by atoms with van der Waals surface area (Å²) >= 11 is 0. The Morgan fingerprint density at radius 2 is 0.800 bits per heavy atom. The molecule has 0 bridgehead atoms. The van der Waals surface area contributed by atoms with E-state index in [1.54, 1.807) is 13.8 Å². The van der Waals surface area contributed by atoms with Crippen molar-refractivity contribution in [2.24, 2.45) is 0 Å². The van der Waals surface area contributed by atoms with Gasteiger partial charge in [-0.3, -0.25) is 4.79 Å². The largest absolute Gasteiger partial charge is 0.462 e. The van der Waals surface area contributed by atoms with Crippen LogP contribution in [0.3, 0.4) is 0 Å². The van der Waals surface area contributed by atoms with E-state index in [1.165, 1.54) is 27.8 Å². The summed E-state index contributed by atoms with van der Waals surface area (Å²) in [7, 11) is 0. The Kier molecular flexibility index (Phi) is 34.3. The molecule has 0 heterocycles. The van der Waals surface area contributed by atoms with Gasteiger partial charge in [-0.2, -0.15) is 0 Å². The van der Waals surface area contributed by atoms with Crippen molar-refractivity contribution in [3.63, 3.8) is 0 Å². The molecule has 0 aromatic heterocycles. The van der Waals surface area contributed by atoms with Crippen molar-refractivity contribution in [1.82, 2.24) is 0 Å². The maximum absolute atomic E-state index is 11.7. The number of esters is 1. The number of Topliss-reactive ketones (excluding diaryl/α,β-unsaturated/α-hetero) is 1. The lowest BCUT2D eigenvalue weighted by Crippen LogP contribution is -2.08. The van der Waals surface area contributed by atoms with Gasteiger partial charge in [-0.15, -0.1) is 0 Å². The van der Waals surface area contributed by atoms with E-state index < -0.39 is 0 Å². The average Bonchev–Trinajstić information content (AvgIpc) is 3.01. The summed E-state index contributed by atoms with van der Waals surface area (Å²) in [6.07, 6.45) is 3.73. The molecule has 0 aliphatic heterocycles. The molecule has 3 nitrogen and oxygen atoms in total. The molecule has 0 aliphatic rings. The van der Waals surface area contributed by atoms with Gasteiger partial charge in [0.1, 0.15) is 0 Å². The zero-order chi connectivity index (χ0) is 31.2. The molecule has 0 radical (unpaired) electrons. The predicted octanol–water partition coefficient (Wildman–Crippen LogP) is 12.2.